The largest absolute Gasteiger partial charge is 0.306 e. The summed E-state index contributed by atoms with van der Waals surface area (Å²) in [5.74, 6) is 0. The third-order valence-corrected chi connectivity index (χ3v) is 6.67. The lowest BCUT2D eigenvalue weighted by Crippen LogP contribution is -2.19. The quantitative estimate of drug-likeness (QED) is 0.494. The fourth-order valence-electron chi connectivity index (χ4n) is 4.62. The lowest BCUT2D eigenvalue weighted by atomic mass is 9.91. The van der Waals surface area contributed by atoms with Crippen LogP contribution < -0.4 is 5.32 Å². The molecule has 156 valence electrons. The zero-order chi connectivity index (χ0) is 20.9. The summed E-state index contributed by atoms with van der Waals surface area (Å²) in [5, 5.41) is 3.70. The minimum absolute atomic E-state index is 0.333. The van der Waals surface area contributed by atoms with E-state index in [-0.39, 0.29) is 0 Å². The van der Waals surface area contributed by atoms with Gasteiger partial charge in [0.2, 0.25) is 0 Å². The van der Waals surface area contributed by atoms with Gasteiger partial charge in [0.25, 0.3) is 0 Å². The Morgan fingerprint density at radius 1 is 0.767 bits per heavy atom. The second kappa shape index (κ2) is 9.59. The molecule has 1 N–H and O–H groups in total. The monoisotopic (exact) mass is 398 g/mol. The Hall–Kier alpha value is -2.42. The maximum absolute atomic E-state index is 3.70. The fraction of sp³-hybridized carbons (Fsp3) is 0.357. The molecular weight excluding hydrogens is 364 g/mol. The number of benzene rings is 3. The van der Waals surface area contributed by atoms with E-state index in [9.17, 15) is 0 Å². The molecule has 30 heavy (non-hydrogen) atoms. The van der Waals surface area contributed by atoms with Gasteiger partial charge in [0, 0.05) is 19.1 Å². The average Bonchev–Trinajstić information content (AvgIpc) is 3.28. The third kappa shape index (κ3) is 4.66. The van der Waals surface area contributed by atoms with E-state index < -0.39 is 0 Å². The molecule has 1 fully saturated rings. The molecule has 4 rings (SSSR count). The molecule has 1 heterocycles. The second-order valence-electron chi connectivity index (χ2n) is 8.68. The molecule has 1 atom stereocenters. The molecule has 1 aliphatic rings. The molecule has 0 unspecified atom stereocenters. The van der Waals surface area contributed by atoms with E-state index in [4.69, 9.17) is 0 Å². The number of nitrogens with one attached hydrogen (secondary N) is 1. The Labute approximate surface area is 181 Å². The first kappa shape index (κ1) is 20.8. The number of hydrogen-bond donors (Lipinski definition) is 1. The van der Waals surface area contributed by atoms with Gasteiger partial charge in [0.15, 0.2) is 0 Å². The number of rotatable bonds is 7. The minimum atomic E-state index is 0.333. The van der Waals surface area contributed by atoms with Crippen molar-refractivity contribution in [2.45, 2.75) is 52.7 Å². The van der Waals surface area contributed by atoms with Gasteiger partial charge in [-0.15, -0.1) is 0 Å². The van der Waals surface area contributed by atoms with Gasteiger partial charge in [0.05, 0.1) is 0 Å². The van der Waals surface area contributed by atoms with Crippen LogP contribution >= 0.6 is 0 Å². The highest BCUT2D eigenvalue weighted by molar-refractivity contribution is 5.72. The van der Waals surface area contributed by atoms with Crippen molar-refractivity contribution in [1.82, 2.24) is 10.2 Å². The molecule has 0 bridgehead atoms. The van der Waals surface area contributed by atoms with Gasteiger partial charge < -0.3 is 5.32 Å². The first-order valence-electron chi connectivity index (χ1n) is 11.3. The van der Waals surface area contributed by atoms with E-state index in [0.717, 1.165) is 13.1 Å². The molecule has 0 aliphatic carbocycles. The van der Waals surface area contributed by atoms with Crippen LogP contribution in [0.2, 0.25) is 0 Å². The Bertz CT molecular complexity index is 971. The van der Waals surface area contributed by atoms with E-state index in [1.807, 2.05) is 0 Å². The van der Waals surface area contributed by atoms with Gasteiger partial charge >= 0.3 is 0 Å². The van der Waals surface area contributed by atoms with Gasteiger partial charge in [-0.25, -0.2) is 0 Å². The Balaban J connectivity index is 1.54. The standard InChI is InChI=1S/C28H34N2/c1-21-25(19-29-23(3)24-11-5-4-6-12-24)13-9-15-27(21)28-16-10-14-26(22(28)2)20-30-17-7-8-18-30/h4-6,9-16,23,29H,7-8,17-20H2,1-3H3/t23-/m1/s1. The zero-order valence-electron chi connectivity index (χ0n) is 18.6. The molecule has 0 radical (unpaired) electrons. The van der Waals surface area contributed by atoms with Crippen molar-refractivity contribution in [3.63, 3.8) is 0 Å². The van der Waals surface area contributed by atoms with Crippen LogP contribution in [0.1, 0.15) is 53.6 Å². The summed E-state index contributed by atoms with van der Waals surface area (Å²) in [4.78, 5) is 2.59. The van der Waals surface area contributed by atoms with Crippen molar-refractivity contribution < 1.29 is 0 Å². The summed E-state index contributed by atoms with van der Waals surface area (Å²) in [5.41, 5.74) is 9.72. The van der Waals surface area contributed by atoms with E-state index >= 15 is 0 Å². The maximum atomic E-state index is 3.70. The summed E-state index contributed by atoms with van der Waals surface area (Å²) in [7, 11) is 0. The predicted octanol–water partition coefficient (Wildman–Crippen LogP) is 6.42. The molecule has 2 nitrogen and oxygen atoms in total. The van der Waals surface area contributed by atoms with Crippen LogP contribution in [0.15, 0.2) is 66.7 Å². The SMILES string of the molecule is Cc1c(CN[C@H](C)c2ccccc2)cccc1-c1cccc(CN2CCCC2)c1C. The van der Waals surface area contributed by atoms with Gasteiger partial charge in [-0.3, -0.25) is 4.90 Å². The summed E-state index contributed by atoms with van der Waals surface area (Å²) in [6.45, 7) is 11.2. The number of hydrogen-bond acceptors (Lipinski definition) is 2. The Morgan fingerprint density at radius 3 is 2.03 bits per heavy atom. The van der Waals surface area contributed by atoms with Gasteiger partial charge in [-0.05, 0) is 85.6 Å². The smallest absolute Gasteiger partial charge is 0.0294 e. The van der Waals surface area contributed by atoms with Gasteiger partial charge in [-0.2, -0.15) is 0 Å². The maximum Gasteiger partial charge on any atom is 0.0294 e. The highest BCUT2D eigenvalue weighted by atomic mass is 15.1. The van der Waals surface area contributed by atoms with Crippen molar-refractivity contribution >= 4 is 0 Å². The van der Waals surface area contributed by atoms with E-state index in [1.165, 1.54) is 64.9 Å². The molecule has 1 saturated heterocycles. The van der Waals surface area contributed by atoms with Crippen molar-refractivity contribution in [2.75, 3.05) is 13.1 Å². The van der Waals surface area contributed by atoms with E-state index in [0.29, 0.717) is 6.04 Å². The Kier molecular flexibility index (Phi) is 6.66. The average molecular weight is 399 g/mol. The molecular formula is C28H34N2. The molecule has 3 aromatic carbocycles. The molecule has 2 heteroatoms. The molecule has 0 aromatic heterocycles. The van der Waals surface area contributed by atoms with Crippen LogP contribution in [0.4, 0.5) is 0 Å². The third-order valence-electron chi connectivity index (χ3n) is 6.67. The molecule has 0 spiro atoms. The number of nitrogens with zero attached hydrogens (tertiary/aromatic N) is 1. The van der Waals surface area contributed by atoms with Crippen molar-refractivity contribution in [2.24, 2.45) is 0 Å². The van der Waals surface area contributed by atoms with Crippen molar-refractivity contribution in [3.05, 3.63) is 94.5 Å². The highest BCUT2D eigenvalue weighted by Gasteiger charge is 2.15. The molecule has 0 saturated carbocycles. The summed E-state index contributed by atoms with van der Waals surface area (Å²) in [6.07, 6.45) is 2.68. The van der Waals surface area contributed by atoms with Crippen molar-refractivity contribution in [3.8, 4) is 11.1 Å². The summed E-state index contributed by atoms with van der Waals surface area (Å²) in [6, 6.07) is 24.6. The normalized spacial score (nSPS) is 15.4. The van der Waals surface area contributed by atoms with Crippen LogP contribution in [0, 0.1) is 13.8 Å². The van der Waals surface area contributed by atoms with Gasteiger partial charge in [0.1, 0.15) is 0 Å². The van der Waals surface area contributed by atoms with E-state index in [2.05, 4.69) is 97.7 Å². The fourth-order valence-corrected chi connectivity index (χ4v) is 4.62. The molecule has 1 aliphatic heterocycles. The van der Waals surface area contributed by atoms with Crippen LogP contribution in [0.3, 0.4) is 0 Å². The van der Waals surface area contributed by atoms with Crippen molar-refractivity contribution in [1.29, 1.82) is 0 Å². The van der Waals surface area contributed by atoms with Crippen LogP contribution in [0.25, 0.3) is 11.1 Å². The van der Waals surface area contributed by atoms with Crippen LogP contribution in [-0.4, -0.2) is 18.0 Å². The molecule has 0 amide bonds. The topological polar surface area (TPSA) is 15.3 Å². The Morgan fingerprint density at radius 2 is 1.37 bits per heavy atom. The first-order chi connectivity index (χ1) is 14.6. The van der Waals surface area contributed by atoms with Crippen LogP contribution in [-0.2, 0) is 13.1 Å². The zero-order valence-corrected chi connectivity index (χ0v) is 18.6. The summed E-state index contributed by atoms with van der Waals surface area (Å²) < 4.78 is 0. The number of likely N-dealkylation sites (tertiary alicyclic amines) is 1. The van der Waals surface area contributed by atoms with Crippen LogP contribution in [0.5, 0.6) is 0 Å². The highest BCUT2D eigenvalue weighted by Crippen LogP contribution is 2.31. The predicted molar refractivity (Wildman–Crippen MR) is 128 cm³/mol. The second-order valence-corrected chi connectivity index (χ2v) is 8.68. The lowest BCUT2D eigenvalue weighted by Gasteiger charge is -2.20. The minimum Gasteiger partial charge on any atom is -0.306 e. The van der Waals surface area contributed by atoms with E-state index in [1.54, 1.807) is 0 Å². The summed E-state index contributed by atoms with van der Waals surface area (Å²) >= 11 is 0. The first-order valence-corrected chi connectivity index (χ1v) is 11.3. The van der Waals surface area contributed by atoms with Gasteiger partial charge in [-0.1, -0.05) is 66.7 Å². The lowest BCUT2D eigenvalue weighted by molar-refractivity contribution is 0.331. The molecule has 3 aromatic rings.